The average Bonchev–Trinajstić information content (AvgIpc) is 2.37. The number of methoxy groups -OCH3 is 2. The van der Waals surface area contributed by atoms with Crippen LogP contribution in [-0.4, -0.2) is 27.8 Å². The van der Waals surface area contributed by atoms with Crippen molar-refractivity contribution in [2.24, 2.45) is 5.41 Å². The van der Waals surface area contributed by atoms with Gasteiger partial charge in [-0.1, -0.05) is 6.42 Å². The molecule has 0 aliphatic heterocycles. The molecule has 3 nitrogen and oxygen atoms in total. The summed E-state index contributed by atoms with van der Waals surface area (Å²) in [5, 5.41) is 3.34. The van der Waals surface area contributed by atoms with Gasteiger partial charge in [0.1, 0.15) is 11.5 Å². The summed E-state index contributed by atoms with van der Waals surface area (Å²) in [6, 6.07) is 4.23. The molecule has 0 atom stereocenters. The van der Waals surface area contributed by atoms with Gasteiger partial charge in [-0.3, -0.25) is 0 Å². The minimum atomic E-state index is 0.405. The van der Waals surface area contributed by atoms with Crippen LogP contribution in [0, 0.1) is 12.3 Å². The summed E-state index contributed by atoms with van der Waals surface area (Å²) in [4.78, 5) is 0. The molecule has 0 heterocycles. The van der Waals surface area contributed by atoms with Crippen molar-refractivity contribution in [1.82, 2.24) is 5.32 Å². The van der Waals surface area contributed by atoms with Crippen molar-refractivity contribution in [1.29, 1.82) is 0 Å². The lowest BCUT2D eigenvalue weighted by Gasteiger charge is -2.42. The van der Waals surface area contributed by atoms with Gasteiger partial charge in [0.05, 0.1) is 14.2 Å². The third kappa shape index (κ3) is 2.86. The van der Waals surface area contributed by atoms with Crippen molar-refractivity contribution in [2.75, 3.05) is 27.8 Å². The molecule has 1 aromatic rings. The highest BCUT2D eigenvalue weighted by Gasteiger charge is 2.37. The molecule has 1 aromatic carbocycles. The van der Waals surface area contributed by atoms with E-state index in [4.69, 9.17) is 9.47 Å². The van der Waals surface area contributed by atoms with Crippen molar-refractivity contribution >= 4 is 0 Å². The largest absolute Gasteiger partial charge is 0.496 e. The molecule has 0 amide bonds. The van der Waals surface area contributed by atoms with E-state index in [-0.39, 0.29) is 0 Å². The molecule has 2 rings (SSSR count). The Morgan fingerprint density at radius 1 is 1.16 bits per heavy atom. The van der Waals surface area contributed by atoms with Crippen LogP contribution in [0.25, 0.3) is 0 Å². The molecule has 1 aliphatic carbocycles. The molecular weight excluding hydrogens is 238 g/mol. The summed E-state index contributed by atoms with van der Waals surface area (Å²) in [6.07, 6.45) is 5.00. The molecule has 0 unspecified atom stereocenters. The van der Waals surface area contributed by atoms with E-state index in [1.165, 1.54) is 24.8 Å². The lowest BCUT2D eigenvalue weighted by molar-refractivity contribution is 0.132. The number of rotatable bonds is 6. The van der Waals surface area contributed by atoms with Crippen LogP contribution in [-0.2, 0) is 6.42 Å². The van der Waals surface area contributed by atoms with E-state index >= 15 is 0 Å². The number of hydrogen-bond acceptors (Lipinski definition) is 3. The molecule has 1 fully saturated rings. The third-order valence-electron chi connectivity index (χ3n) is 4.33. The maximum atomic E-state index is 5.54. The quantitative estimate of drug-likeness (QED) is 0.856. The summed E-state index contributed by atoms with van der Waals surface area (Å²) in [6.45, 7) is 3.13. The first kappa shape index (κ1) is 14.2. The second-order valence-electron chi connectivity index (χ2n) is 5.69. The Bertz CT molecular complexity index is 439. The van der Waals surface area contributed by atoms with Gasteiger partial charge in [-0.25, -0.2) is 0 Å². The lowest BCUT2D eigenvalue weighted by Crippen LogP contribution is -2.40. The van der Waals surface area contributed by atoms with Gasteiger partial charge >= 0.3 is 0 Å². The maximum Gasteiger partial charge on any atom is 0.122 e. The van der Waals surface area contributed by atoms with Gasteiger partial charge in [0.25, 0.3) is 0 Å². The predicted molar refractivity (Wildman–Crippen MR) is 78.2 cm³/mol. The van der Waals surface area contributed by atoms with Crippen LogP contribution in [0.4, 0.5) is 0 Å². The van der Waals surface area contributed by atoms with Crippen LogP contribution >= 0.6 is 0 Å². The Balaban J connectivity index is 2.27. The molecule has 19 heavy (non-hydrogen) atoms. The van der Waals surface area contributed by atoms with E-state index in [1.54, 1.807) is 14.2 Å². The van der Waals surface area contributed by atoms with E-state index in [2.05, 4.69) is 24.4 Å². The Kier molecular flexibility index (Phi) is 4.35. The van der Waals surface area contributed by atoms with E-state index in [0.717, 1.165) is 30.0 Å². The highest BCUT2D eigenvalue weighted by molar-refractivity contribution is 5.46. The zero-order valence-electron chi connectivity index (χ0n) is 12.5. The summed E-state index contributed by atoms with van der Waals surface area (Å²) in [5.74, 6) is 1.94. The molecule has 1 saturated carbocycles. The average molecular weight is 263 g/mol. The SMILES string of the molecule is CNCC1(Cc2cc(OC)c(C)cc2OC)CCC1. The number of aryl methyl sites for hydroxylation is 1. The van der Waals surface area contributed by atoms with E-state index in [9.17, 15) is 0 Å². The summed E-state index contributed by atoms with van der Waals surface area (Å²) in [7, 11) is 5.51. The van der Waals surface area contributed by atoms with Crippen molar-refractivity contribution in [2.45, 2.75) is 32.6 Å². The molecule has 106 valence electrons. The fourth-order valence-corrected chi connectivity index (χ4v) is 3.12. The lowest BCUT2D eigenvalue weighted by atomic mass is 9.65. The van der Waals surface area contributed by atoms with Gasteiger partial charge in [0, 0.05) is 6.54 Å². The fourth-order valence-electron chi connectivity index (χ4n) is 3.12. The molecular formula is C16H25NO2. The van der Waals surface area contributed by atoms with Crippen molar-refractivity contribution in [3.05, 3.63) is 23.3 Å². The Morgan fingerprint density at radius 2 is 1.84 bits per heavy atom. The first-order valence-corrected chi connectivity index (χ1v) is 7.00. The minimum Gasteiger partial charge on any atom is -0.496 e. The van der Waals surface area contributed by atoms with E-state index in [0.29, 0.717) is 5.41 Å². The highest BCUT2D eigenvalue weighted by Crippen LogP contribution is 2.45. The second kappa shape index (κ2) is 5.83. The summed E-state index contributed by atoms with van der Waals surface area (Å²) in [5.41, 5.74) is 2.79. The fraction of sp³-hybridized carbons (Fsp3) is 0.625. The molecule has 1 N–H and O–H groups in total. The smallest absolute Gasteiger partial charge is 0.122 e. The molecule has 0 radical (unpaired) electrons. The van der Waals surface area contributed by atoms with E-state index < -0.39 is 0 Å². The molecule has 3 heteroatoms. The van der Waals surface area contributed by atoms with Crippen LogP contribution in [0.5, 0.6) is 11.5 Å². The monoisotopic (exact) mass is 263 g/mol. The zero-order chi connectivity index (χ0) is 13.9. The van der Waals surface area contributed by atoms with Crippen LogP contribution in [0.15, 0.2) is 12.1 Å². The number of nitrogens with one attached hydrogen (secondary N) is 1. The summed E-state index contributed by atoms with van der Waals surface area (Å²) >= 11 is 0. The van der Waals surface area contributed by atoms with Gasteiger partial charge in [0.2, 0.25) is 0 Å². The Labute approximate surface area is 116 Å². The van der Waals surface area contributed by atoms with Crippen LogP contribution in [0.1, 0.15) is 30.4 Å². The van der Waals surface area contributed by atoms with Crippen molar-refractivity contribution < 1.29 is 9.47 Å². The Morgan fingerprint density at radius 3 is 2.32 bits per heavy atom. The normalized spacial score (nSPS) is 16.8. The van der Waals surface area contributed by atoms with Crippen LogP contribution in [0.3, 0.4) is 0 Å². The van der Waals surface area contributed by atoms with Gasteiger partial charge in [-0.2, -0.15) is 0 Å². The Hall–Kier alpha value is -1.22. The number of benzene rings is 1. The second-order valence-corrected chi connectivity index (χ2v) is 5.69. The van der Waals surface area contributed by atoms with Crippen LogP contribution in [0.2, 0.25) is 0 Å². The first-order chi connectivity index (χ1) is 9.14. The molecule has 0 bridgehead atoms. The molecule has 0 aromatic heterocycles. The minimum absolute atomic E-state index is 0.405. The van der Waals surface area contributed by atoms with Gasteiger partial charge < -0.3 is 14.8 Å². The van der Waals surface area contributed by atoms with Crippen LogP contribution < -0.4 is 14.8 Å². The predicted octanol–water partition coefficient (Wildman–Crippen LogP) is 2.94. The maximum absolute atomic E-state index is 5.54. The highest BCUT2D eigenvalue weighted by atomic mass is 16.5. The van der Waals surface area contributed by atoms with Crippen molar-refractivity contribution in [3.8, 4) is 11.5 Å². The topological polar surface area (TPSA) is 30.5 Å². The third-order valence-corrected chi connectivity index (χ3v) is 4.33. The van der Waals surface area contributed by atoms with Gasteiger partial charge in [-0.05, 0) is 61.9 Å². The standard InChI is InChI=1S/C16H25NO2/c1-12-8-15(19-4)13(9-14(12)18-3)10-16(11-17-2)6-5-7-16/h8-9,17H,5-7,10-11H2,1-4H3. The molecule has 0 saturated heterocycles. The first-order valence-electron chi connectivity index (χ1n) is 7.00. The van der Waals surface area contributed by atoms with E-state index in [1.807, 2.05) is 7.05 Å². The number of ether oxygens (including phenoxy) is 2. The van der Waals surface area contributed by atoms with Gasteiger partial charge in [-0.15, -0.1) is 0 Å². The summed E-state index contributed by atoms with van der Waals surface area (Å²) < 4.78 is 11.0. The number of hydrogen-bond donors (Lipinski definition) is 1. The zero-order valence-corrected chi connectivity index (χ0v) is 12.5. The molecule has 1 aliphatic rings. The van der Waals surface area contributed by atoms with Crippen molar-refractivity contribution in [3.63, 3.8) is 0 Å². The van der Waals surface area contributed by atoms with Gasteiger partial charge in [0.15, 0.2) is 0 Å². The molecule has 0 spiro atoms.